The number of nitrogens with one attached hydrogen (secondary N) is 1. The van der Waals surface area contributed by atoms with E-state index in [1.807, 2.05) is 19.1 Å². The van der Waals surface area contributed by atoms with E-state index in [0.29, 0.717) is 38.5 Å². The van der Waals surface area contributed by atoms with Crippen LogP contribution in [0.25, 0.3) is 0 Å². The first-order valence-electron chi connectivity index (χ1n) is 7.60. The molecular weight excluding hydrogens is 298 g/mol. The summed E-state index contributed by atoms with van der Waals surface area (Å²) in [6.45, 7) is 5.33. The highest BCUT2D eigenvalue weighted by Gasteiger charge is 2.28. The van der Waals surface area contributed by atoms with Crippen molar-refractivity contribution >= 4 is 23.6 Å². The van der Waals surface area contributed by atoms with Crippen LogP contribution in [0.2, 0.25) is 0 Å². The Morgan fingerprint density at radius 1 is 1.13 bits per heavy atom. The van der Waals surface area contributed by atoms with Crippen molar-refractivity contribution in [1.29, 1.82) is 0 Å². The third kappa shape index (κ3) is 4.45. The number of aryl methyl sites for hydroxylation is 1. The average molecular weight is 319 g/mol. The second-order valence-corrected chi connectivity index (χ2v) is 5.30. The monoisotopic (exact) mass is 319 g/mol. The number of nitrogens with zero attached hydrogens (tertiary/aromatic N) is 2. The first-order valence-corrected chi connectivity index (χ1v) is 7.60. The summed E-state index contributed by atoms with van der Waals surface area (Å²) in [5.74, 6) is -1.25. The third-order valence-corrected chi connectivity index (χ3v) is 3.56. The molecule has 7 nitrogen and oxygen atoms in total. The van der Waals surface area contributed by atoms with Crippen LogP contribution in [0.15, 0.2) is 24.3 Å². The summed E-state index contributed by atoms with van der Waals surface area (Å²) in [4.78, 5) is 38.8. The Morgan fingerprint density at radius 2 is 1.78 bits per heavy atom. The smallest absolute Gasteiger partial charge is 0.409 e. The Bertz CT molecular complexity index is 595. The normalized spacial score (nSPS) is 14.3. The third-order valence-electron chi connectivity index (χ3n) is 3.56. The molecular formula is C16H21N3O4. The number of carbonyl (C=O) groups excluding carboxylic acids is 3. The van der Waals surface area contributed by atoms with E-state index in [0.717, 1.165) is 5.56 Å². The van der Waals surface area contributed by atoms with Gasteiger partial charge in [-0.05, 0) is 31.5 Å². The molecule has 0 saturated carbocycles. The number of hydrogen-bond acceptors (Lipinski definition) is 4. The quantitative estimate of drug-likeness (QED) is 0.832. The van der Waals surface area contributed by atoms with Crippen LogP contribution in [0, 0.1) is 6.92 Å². The molecule has 0 spiro atoms. The molecule has 0 aliphatic carbocycles. The Kier molecular flexibility index (Phi) is 5.56. The molecule has 1 saturated heterocycles. The van der Waals surface area contributed by atoms with Crippen LogP contribution < -0.4 is 5.32 Å². The minimum Gasteiger partial charge on any atom is -0.450 e. The minimum absolute atomic E-state index is 0.316. The fourth-order valence-corrected chi connectivity index (χ4v) is 2.36. The zero-order valence-electron chi connectivity index (χ0n) is 13.4. The predicted octanol–water partition coefficient (Wildman–Crippen LogP) is 1.23. The number of anilines is 1. The zero-order chi connectivity index (χ0) is 16.8. The molecule has 0 atom stereocenters. The molecule has 1 N–H and O–H groups in total. The molecule has 0 aromatic heterocycles. The van der Waals surface area contributed by atoms with Gasteiger partial charge in [0.25, 0.3) is 0 Å². The summed E-state index contributed by atoms with van der Waals surface area (Å²) < 4.78 is 4.92. The number of amides is 3. The van der Waals surface area contributed by atoms with Crippen LogP contribution in [0.3, 0.4) is 0 Å². The Morgan fingerprint density at radius 3 is 2.39 bits per heavy atom. The van der Waals surface area contributed by atoms with Crippen molar-refractivity contribution in [2.45, 2.75) is 13.8 Å². The lowest BCUT2D eigenvalue weighted by atomic mass is 10.2. The van der Waals surface area contributed by atoms with E-state index in [1.165, 1.54) is 9.80 Å². The number of carbonyl (C=O) groups is 3. The predicted molar refractivity (Wildman–Crippen MR) is 85.0 cm³/mol. The van der Waals surface area contributed by atoms with Crippen molar-refractivity contribution in [3.63, 3.8) is 0 Å². The average Bonchev–Trinajstić information content (AvgIpc) is 2.54. The Labute approximate surface area is 135 Å². The Hall–Kier alpha value is -2.57. The van der Waals surface area contributed by atoms with Gasteiger partial charge in [-0.15, -0.1) is 0 Å². The molecule has 0 bridgehead atoms. The molecule has 0 radical (unpaired) electrons. The van der Waals surface area contributed by atoms with Gasteiger partial charge < -0.3 is 19.9 Å². The van der Waals surface area contributed by atoms with E-state index in [9.17, 15) is 14.4 Å². The highest BCUT2D eigenvalue weighted by atomic mass is 16.6. The van der Waals surface area contributed by atoms with Crippen molar-refractivity contribution in [2.75, 3.05) is 38.1 Å². The maximum Gasteiger partial charge on any atom is 0.409 e. The summed E-state index contributed by atoms with van der Waals surface area (Å²) in [5, 5.41) is 2.60. The topological polar surface area (TPSA) is 79.0 Å². The molecule has 1 aliphatic rings. The molecule has 124 valence electrons. The number of piperazine rings is 1. The second-order valence-electron chi connectivity index (χ2n) is 5.30. The van der Waals surface area contributed by atoms with Crippen LogP contribution in [-0.4, -0.2) is 60.5 Å². The first-order chi connectivity index (χ1) is 11.0. The SMILES string of the molecule is CCOC(=O)N1CCN(C(=O)C(=O)Nc2cccc(C)c2)CC1. The van der Waals surface area contributed by atoms with Crippen LogP contribution in [-0.2, 0) is 14.3 Å². The van der Waals surface area contributed by atoms with Crippen molar-refractivity contribution < 1.29 is 19.1 Å². The number of rotatable bonds is 2. The summed E-state index contributed by atoms with van der Waals surface area (Å²) in [6, 6.07) is 7.25. The van der Waals surface area contributed by atoms with Gasteiger partial charge in [-0.3, -0.25) is 9.59 Å². The van der Waals surface area contributed by atoms with Gasteiger partial charge in [0.1, 0.15) is 0 Å². The van der Waals surface area contributed by atoms with Gasteiger partial charge in [0.05, 0.1) is 6.61 Å². The van der Waals surface area contributed by atoms with E-state index < -0.39 is 11.8 Å². The van der Waals surface area contributed by atoms with Gasteiger partial charge in [0.2, 0.25) is 0 Å². The lowest BCUT2D eigenvalue weighted by molar-refractivity contribution is -0.144. The van der Waals surface area contributed by atoms with Crippen molar-refractivity contribution in [3.05, 3.63) is 29.8 Å². The fraction of sp³-hybridized carbons (Fsp3) is 0.438. The minimum atomic E-state index is -0.666. The molecule has 2 rings (SSSR count). The van der Waals surface area contributed by atoms with Crippen molar-refractivity contribution in [2.24, 2.45) is 0 Å². The van der Waals surface area contributed by atoms with E-state index >= 15 is 0 Å². The fourth-order valence-electron chi connectivity index (χ4n) is 2.36. The largest absolute Gasteiger partial charge is 0.450 e. The number of benzene rings is 1. The molecule has 1 aromatic rings. The van der Waals surface area contributed by atoms with E-state index in [4.69, 9.17) is 4.74 Å². The molecule has 0 unspecified atom stereocenters. The van der Waals surface area contributed by atoms with Crippen LogP contribution in [0.5, 0.6) is 0 Å². The lowest BCUT2D eigenvalue weighted by Crippen LogP contribution is -2.53. The van der Waals surface area contributed by atoms with Gasteiger partial charge in [0.15, 0.2) is 0 Å². The van der Waals surface area contributed by atoms with Gasteiger partial charge in [-0.1, -0.05) is 12.1 Å². The second kappa shape index (κ2) is 7.62. The van der Waals surface area contributed by atoms with Crippen LogP contribution in [0.1, 0.15) is 12.5 Å². The molecule has 7 heteroatoms. The van der Waals surface area contributed by atoms with Gasteiger partial charge in [-0.25, -0.2) is 4.79 Å². The maximum atomic E-state index is 12.2. The highest BCUT2D eigenvalue weighted by molar-refractivity contribution is 6.39. The molecule has 1 heterocycles. The summed E-state index contributed by atoms with van der Waals surface area (Å²) in [7, 11) is 0. The highest BCUT2D eigenvalue weighted by Crippen LogP contribution is 2.10. The van der Waals surface area contributed by atoms with Crippen molar-refractivity contribution in [3.8, 4) is 0 Å². The standard InChI is InChI=1S/C16H21N3O4/c1-3-23-16(22)19-9-7-18(8-10-19)15(21)14(20)17-13-6-4-5-12(2)11-13/h4-6,11H,3,7-10H2,1-2H3,(H,17,20). The molecule has 1 aromatic carbocycles. The summed E-state index contributed by atoms with van der Waals surface area (Å²) in [6.07, 6.45) is -0.385. The first kappa shape index (κ1) is 16.8. The van der Waals surface area contributed by atoms with Crippen LogP contribution >= 0.6 is 0 Å². The number of hydrogen-bond donors (Lipinski definition) is 1. The van der Waals surface area contributed by atoms with Gasteiger partial charge in [0, 0.05) is 31.9 Å². The lowest BCUT2D eigenvalue weighted by Gasteiger charge is -2.33. The summed E-state index contributed by atoms with van der Waals surface area (Å²) >= 11 is 0. The van der Waals surface area contributed by atoms with E-state index in [1.54, 1.807) is 19.1 Å². The Balaban J connectivity index is 1.87. The van der Waals surface area contributed by atoms with Gasteiger partial charge >= 0.3 is 17.9 Å². The van der Waals surface area contributed by atoms with Crippen molar-refractivity contribution in [1.82, 2.24) is 9.80 Å². The van der Waals surface area contributed by atoms with Crippen LogP contribution in [0.4, 0.5) is 10.5 Å². The zero-order valence-corrected chi connectivity index (χ0v) is 13.4. The molecule has 3 amide bonds. The number of ether oxygens (including phenoxy) is 1. The van der Waals surface area contributed by atoms with Gasteiger partial charge in [-0.2, -0.15) is 0 Å². The summed E-state index contributed by atoms with van der Waals surface area (Å²) in [5.41, 5.74) is 1.59. The molecule has 23 heavy (non-hydrogen) atoms. The maximum absolute atomic E-state index is 12.2. The molecule has 1 aliphatic heterocycles. The van der Waals surface area contributed by atoms with E-state index in [2.05, 4.69) is 5.32 Å². The molecule has 1 fully saturated rings. The van der Waals surface area contributed by atoms with E-state index in [-0.39, 0.29) is 6.09 Å².